The Morgan fingerprint density at radius 2 is 2.32 bits per heavy atom. The fraction of sp³-hybridized carbons (Fsp3) is 0.647. The van der Waals surface area contributed by atoms with E-state index in [9.17, 15) is 0 Å². The van der Waals surface area contributed by atoms with E-state index < -0.39 is 0 Å². The Morgan fingerprint density at radius 3 is 3.05 bits per heavy atom. The predicted molar refractivity (Wildman–Crippen MR) is 86.0 cm³/mol. The first-order chi connectivity index (χ1) is 10.8. The van der Waals surface area contributed by atoms with E-state index in [1.807, 2.05) is 0 Å². The van der Waals surface area contributed by atoms with Crippen molar-refractivity contribution in [3.63, 3.8) is 0 Å². The predicted octanol–water partition coefficient (Wildman–Crippen LogP) is 3.04. The zero-order valence-corrected chi connectivity index (χ0v) is 13.3. The van der Waals surface area contributed by atoms with Gasteiger partial charge in [0, 0.05) is 32.2 Å². The van der Waals surface area contributed by atoms with E-state index in [0.717, 1.165) is 43.5 Å². The summed E-state index contributed by atoms with van der Waals surface area (Å²) >= 11 is 0. The maximum absolute atomic E-state index is 5.49. The van der Waals surface area contributed by atoms with E-state index in [0.29, 0.717) is 12.5 Å². The van der Waals surface area contributed by atoms with Crippen LogP contribution >= 0.6 is 0 Å². The Kier molecular flexibility index (Phi) is 5.40. The molecule has 1 aromatic rings. The van der Waals surface area contributed by atoms with Crippen LogP contribution in [0.3, 0.4) is 0 Å². The largest absolute Gasteiger partial charge is 0.381 e. The highest BCUT2D eigenvalue weighted by Crippen LogP contribution is 2.25. The number of methoxy groups -OCH3 is 1. The summed E-state index contributed by atoms with van der Waals surface area (Å²) in [4.78, 5) is 9.19. The van der Waals surface area contributed by atoms with E-state index in [1.165, 1.54) is 31.3 Å². The van der Waals surface area contributed by atoms with Gasteiger partial charge in [-0.1, -0.05) is 11.6 Å². The quantitative estimate of drug-likeness (QED) is 0.819. The van der Waals surface area contributed by atoms with Crippen molar-refractivity contribution in [1.29, 1.82) is 0 Å². The molecule has 22 heavy (non-hydrogen) atoms. The van der Waals surface area contributed by atoms with Gasteiger partial charge in [-0.2, -0.15) is 0 Å². The number of anilines is 1. The molecule has 0 aromatic carbocycles. The number of hydrogen-bond acceptors (Lipinski definition) is 5. The van der Waals surface area contributed by atoms with Gasteiger partial charge in [-0.25, -0.2) is 9.97 Å². The highest BCUT2D eigenvalue weighted by molar-refractivity contribution is 5.39. The first-order valence-corrected chi connectivity index (χ1v) is 8.21. The molecule has 0 radical (unpaired) electrons. The molecule has 1 atom stereocenters. The summed E-state index contributed by atoms with van der Waals surface area (Å²) in [5.41, 5.74) is 2.56. The SMILES string of the molecule is COCc1nc(NCC2=CCCCC2)cc([C@H]2CCOC2)n1. The van der Waals surface area contributed by atoms with E-state index in [4.69, 9.17) is 9.47 Å². The number of nitrogens with one attached hydrogen (secondary N) is 1. The van der Waals surface area contributed by atoms with Crippen LogP contribution in [0.5, 0.6) is 0 Å². The fourth-order valence-electron chi connectivity index (χ4n) is 3.05. The van der Waals surface area contributed by atoms with Crippen LogP contribution in [0.4, 0.5) is 5.82 Å². The zero-order chi connectivity index (χ0) is 15.2. The number of allylic oxidation sites excluding steroid dienone is 1. The Hall–Kier alpha value is -1.46. The van der Waals surface area contributed by atoms with E-state index in [2.05, 4.69) is 27.4 Å². The molecular weight excluding hydrogens is 278 g/mol. The van der Waals surface area contributed by atoms with E-state index in [1.54, 1.807) is 7.11 Å². The minimum absolute atomic E-state index is 0.382. The molecule has 1 N–H and O–H groups in total. The summed E-state index contributed by atoms with van der Waals surface area (Å²) < 4.78 is 10.7. The second-order valence-corrected chi connectivity index (χ2v) is 6.05. The maximum atomic E-state index is 5.49. The second kappa shape index (κ2) is 7.70. The molecule has 5 nitrogen and oxygen atoms in total. The van der Waals surface area contributed by atoms with Gasteiger partial charge >= 0.3 is 0 Å². The molecule has 1 aliphatic carbocycles. The molecule has 0 spiro atoms. The summed E-state index contributed by atoms with van der Waals surface area (Å²) in [5.74, 6) is 2.02. The Balaban J connectivity index is 1.71. The van der Waals surface area contributed by atoms with Gasteiger partial charge in [0.15, 0.2) is 5.82 Å². The maximum Gasteiger partial charge on any atom is 0.156 e. The molecule has 1 aromatic heterocycles. The Bertz CT molecular complexity index is 525. The van der Waals surface area contributed by atoms with Crippen molar-refractivity contribution in [2.24, 2.45) is 0 Å². The third-order valence-electron chi connectivity index (χ3n) is 4.30. The average molecular weight is 303 g/mol. The van der Waals surface area contributed by atoms with Gasteiger partial charge < -0.3 is 14.8 Å². The number of nitrogens with zero attached hydrogens (tertiary/aromatic N) is 2. The second-order valence-electron chi connectivity index (χ2n) is 6.05. The van der Waals surface area contributed by atoms with Crippen LogP contribution in [0.2, 0.25) is 0 Å². The molecule has 0 saturated carbocycles. The Labute approximate surface area is 132 Å². The molecule has 0 unspecified atom stereocenters. The van der Waals surface area contributed by atoms with Gasteiger partial charge in [-0.05, 0) is 32.1 Å². The van der Waals surface area contributed by atoms with E-state index >= 15 is 0 Å². The van der Waals surface area contributed by atoms with Gasteiger partial charge in [-0.15, -0.1) is 0 Å². The summed E-state index contributed by atoms with van der Waals surface area (Å²) in [6.07, 6.45) is 8.43. The fourth-order valence-corrected chi connectivity index (χ4v) is 3.05. The number of hydrogen-bond donors (Lipinski definition) is 1. The summed E-state index contributed by atoms with van der Waals surface area (Å²) in [6, 6.07) is 2.07. The molecule has 5 heteroatoms. The van der Waals surface area contributed by atoms with Crippen molar-refractivity contribution in [2.45, 2.75) is 44.6 Å². The first-order valence-electron chi connectivity index (χ1n) is 8.21. The molecule has 120 valence electrons. The van der Waals surface area contributed by atoms with Crippen LogP contribution < -0.4 is 5.32 Å². The minimum atomic E-state index is 0.382. The lowest BCUT2D eigenvalue weighted by molar-refractivity contribution is 0.177. The number of aromatic nitrogens is 2. The third kappa shape index (κ3) is 4.05. The molecule has 1 saturated heterocycles. The van der Waals surface area contributed by atoms with Crippen LogP contribution in [0.15, 0.2) is 17.7 Å². The summed E-state index contributed by atoms with van der Waals surface area (Å²) in [7, 11) is 1.68. The lowest BCUT2D eigenvalue weighted by Gasteiger charge is -2.16. The third-order valence-corrected chi connectivity index (χ3v) is 4.30. The zero-order valence-electron chi connectivity index (χ0n) is 13.3. The first kappa shape index (κ1) is 15.4. The number of ether oxygens (including phenoxy) is 2. The molecule has 0 amide bonds. The van der Waals surface area contributed by atoms with Crippen molar-refractivity contribution in [2.75, 3.05) is 32.2 Å². The monoisotopic (exact) mass is 303 g/mol. The van der Waals surface area contributed by atoms with Crippen molar-refractivity contribution in [1.82, 2.24) is 9.97 Å². The molecule has 1 fully saturated rings. The molecule has 2 heterocycles. The highest BCUT2D eigenvalue weighted by atomic mass is 16.5. The van der Waals surface area contributed by atoms with Crippen molar-refractivity contribution < 1.29 is 9.47 Å². The normalized spacial score (nSPS) is 21.7. The van der Waals surface area contributed by atoms with Gasteiger partial charge in [-0.3, -0.25) is 0 Å². The number of rotatable bonds is 6. The smallest absolute Gasteiger partial charge is 0.156 e. The lowest BCUT2D eigenvalue weighted by atomic mass is 10.00. The van der Waals surface area contributed by atoms with Crippen LogP contribution in [-0.4, -0.2) is 36.8 Å². The summed E-state index contributed by atoms with van der Waals surface area (Å²) in [6.45, 7) is 2.90. The molecule has 1 aliphatic heterocycles. The van der Waals surface area contributed by atoms with Crippen LogP contribution in [-0.2, 0) is 16.1 Å². The van der Waals surface area contributed by atoms with Gasteiger partial charge in [0.2, 0.25) is 0 Å². The molecule has 2 aliphatic rings. The molecular formula is C17H25N3O2. The van der Waals surface area contributed by atoms with Crippen molar-refractivity contribution >= 4 is 5.82 Å². The highest BCUT2D eigenvalue weighted by Gasteiger charge is 2.20. The van der Waals surface area contributed by atoms with Gasteiger partial charge in [0.1, 0.15) is 12.4 Å². The van der Waals surface area contributed by atoms with Crippen molar-refractivity contribution in [3.05, 3.63) is 29.2 Å². The van der Waals surface area contributed by atoms with Crippen LogP contribution in [0.1, 0.15) is 49.5 Å². The minimum Gasteiger partial charge on any atom is -0.381 e. The summed E-state index contributed by atoms with van der Waals surface area (Å²) in [5, 5.41) is 3.46. The lowest BCUT2D eigenvalue weighted by Crippen LogP contribution is -2.12. The van der Waals surface area contributed by atoms with Gasteiger partial charge in [0.05, 0.1) is 12.3 Å². The van der Waals surface area contributed by atoms with Crippen LogP contribution in [0.25, 0.3) is 0 Å². The average Bonchev–Trinajstić information content (AvgIpc) is 3.09. The van der Waals surface area contributed by atoms with E-state index in [-0.39, 0.29) is 0 Å². The van der Waals surface area contributed by atoms with Gasteiger partial charge in [0.25, 0.3) is 0 Å². The topological polar surface area (TPSA) is 56.3 Å². The molecule has 0 bridgehead atoms. The standard InChI is InChI=1S/C17H25N3O2/c1-21-12-17-19-15(14-7-8-22-11-14)9-16(20-17)18-10-13-5-3-2-4-6-13/h5,9,14H,2-4,6-8,10-12H2,1H3,(H,18,19,20)/t14-/m0/s1. The molecule has 3 rings (SSSR count). The van der Waals surface area contributed by atoms with Crippen LogP contribution in [0, 0.1) is 0 Å². The Morgan fingerprint density at radius 1 is 1.36 bits per heavy atom. The van der Waals surface area contributed by atoms with Crippen molar-refractivity contribution in [3.8, 4) is 0 Å².